The number of carboxylic acids is 1. The van der Waals surface area contributed by atoms with E-state index in [0.717, 1.165) is 0 Å². The highest BCUT2D eigenvalue weighted by Crippen LogP contribution is 2.37. The predicted octanol–water partition coefficient (Wildman–Crippen LogP) is -1.90. The number of Topliss-reactive ketones (excluding diaryl/α,β-unsaturated/α-hetero) is 1. The number of hydrogen-bond acceptors (Lipinski definition) is 9. The molecule has 0 aromatic heterocycles. The van der Waals surface area contributed by atoms with Crippen molar-refractivity contribution in [3.8, 4) is 0 Å². The van der Waals surface area contributed by atoms with E-state index in [1.165, 1.54) is 0 Å². The van der Waals surface area contributed by atoms with Gasteiger partial charge in [0.1, 0.15) is 12.2 Å². The van der Waals surface area contributed by atoms with Crippen molar-refractivity contribution in [2.75, 3.05) is 6.61 Å². The SMILES string of the molecule is [N-]=[N+]=NC(F)(F)C(=O)C[C@H]1C([C@H](O)[C@H](O)CO)O[C@@](O)(C(=O)O)C[C@H]1O. The van der Waals surface area contributed by atoms with Crippen LogP contribution in [-0.2, 0) is 14.3 Å². The van der Waals surface area contributed by atoms with Gasteiger partial charge in [0.15, 0.2) is 0 Å². The number of rotatable bonds is 8. The highest BCUT2D eigenvalue weighted by molar-refractivity contribution is 5.85. The molecular weight excluding hydrogens is 368 g/mol. The molecule has 0 spiro atoms. The summed E-state index contributed by atoms with van der Waals surface area (Å²) in [4.78, 5) is 24.5. The van der Waals surface area contributed by atoms with Crippen molar-refractivity contribution < 1.29 is 53.7 Å². The molecular formula is C12H17F2N3O9. The molecule has 0 saturated carbocycles. The Bertz CT molecular complexity index is 600. The Balaban J connectivity index is 3.18. The first-order chi connectivity index (χ1) is 11.9. The number of aliphatic hydroxyl groups is 5. The molecule has 0 aliphatic carbocycles. The van der Waals surface area contributed by atoms with Gasteiger partial charge in [-0.3, -0.25) is 4.79 Å². The standard InChI is InChI=1S/C12H17F2N3O9/c13-12(14,16-17-15)7(21)1-4-5(19)2-11(25,10(23)24)26-9(4)8(22)6(20)3-18/h4-6,8-9,18-20,22,25H,1-3H2,(H,23,24)/t4-,5-,6-,8-,9?,11-/m1/s1. The van der Waals surface area contributed by atoms with Crippen LogP contribution in [0, 0.1) is 5.92 Å². The molecule has 0 bridgehead atoms. The second-order valence-electron chi connectivity index (χ2n) is 5.71. The number of carbonyl (C=O) groups excluding carboxylic acids is 1. The summed E-state index contributed by atoms with van der Waals surface area (Å²) in [5.74, 6) is -8.69. The van der Waals surface area contributed by atoms with Gasteiger partial charge in [-0.15, -0.1) is 0 Å². The molecule has 0 aromatic carbocycles. The van der Waals surface area contributed by atoms with E-state index in [1.807, 2.05) is 5.11 Å². The van der Waals surface area contributed by atoms with Crippen LogP contribution in [0.3, 0.4) is 0 Å². The Labute approximate surface area is 143 Å². The Kier molecular flexibility index (Phi) is 6.95. The fourth-order valence-corrected chi connectivity index (χ4v) is 2.50. The quantitative estimate of drug-likeness (QED) is 0.119. The minimum absolute atomic E-state index is 1.04. The topological polar surface area (TPSA) is 214 Å². The van der Waals surface area contributed by atoms with Gasteiger partial charge < -0.3 is 35.4 Å². The number of hydrogen-bond donors (Lipinski definition) is 6. The minimum atomic E-state index is -4.49. The number of halogens is 2. The summed E-state index contributed by atoms with van der Waals surface area (Å²) in [7, 11) is 0. The molecule has 1 rings (SSSR count). The normalized spacial score (nSPS) is 31.6. The van der Waals surface area contributed by atoms with E-state index in [1.54, 1.807) is 4.91 Å². The van der Waals surface area contributed by atoms with E-state index in [0.29, 0.717) is 0 Å². The predicted molar refractivity (Wildman–Crippen MR) is 74.4 cm³/mol. The zero-order valence-electron chi connectivity index (χ0n) is 13.0. The van der Waals surface area contributed by atoms with E-state index < -0.39 is 73.4 Å². The second kappa shape index (κ2) is 8.18. The van der Waals surface area contributed by atoms with Crippen LogP contribution in [0.25, 0.3) is 10.4 Å². The molecule has 1 aliphatic heterocycles. The molecule has 0 radical (unpaired) electrons. The summed E-state index contributed by atoms with van der Waals surface area (Å²) >= 11 is 0. The van der Waals surface area contributed by atoms with E-state index >= 15 is 0 Å². The molecule has 0 amide bonds. The fourth-order valence-electron chi connectivity index (χ4n) is 2.50. The Morgan fingerprint density at radius 1 is 1.42 bits per heavy atom. The van der Waals surface area contributed by atoms with Gasteiger partial charge in [0, 0.05) is 23.7 Å². The van der Waals surface area contributed by atoms with Crippen LogP contribution < -0.4 is 0 Å². The third-order valence-corrected chi connectivity index (χ3v) is 3.91. The number of ether oxygens (including phenoxy) is 1. The highest BCUT2D eigenvalue weighted by atomic mass is 19.3. The zero-order chi connectivity index (χ0) is 20.3. The van der Waals surface area contributed by atoms with Gasteiger partial charge in [-0.2, -0.15) is 8.78 Å². The van der Waals surface area contributed by atoms with Gasteiger partial charge in [-0.25, -0.2) is 4.79 Å². The number of nitrogens with zero attached hydrogens (tertiary/aromatic N) is 3. The third kappa shape index (κ3) is 4.62. The smallest absolute Gasteiger partial charge is 0.382 e. The lowest BCUT2D eigenvalue weighted by Gasteiger charge is -2.44. The van der Waals surface area contributed by atoms with Crippen molar-refractivity contribution >= 4 is 11.8 Å². The number of alkyl halides is 2. The van der Waals surface area contributed by atoms with Crippen LogP contribution in [0.4, 0.5) is 8.78 Å². The molecule has 1 fully saturated rings. The molecule has 14 heteroatoms. The van der Waals surface area contributed by atoms with E-state index in [9.17, 15) is 38.8 Å². The maximum absolute atomic E-state index is 13.3. The number of aliphatic carboxylic acids is 1. The third-order valence-electron chi connectivity index (χ3n) is 3.91. The monoisotopic (exact) mass is 385 g/mol. The van der Waals surface area contributed by atoms with Crippen molar-refractivity contribution in [1.29, 1.82) is 0 Å². The average Bonchev–Trinajstić information content (AvgIpc) is 2.55. The van der Waals surface area contributed by atoms with Crippen LogP contribution in [0.5, 0.6) is 0 Å². The lowest BCUT2D eigenvalue weighted by Crippen LogP contribution is -2.61. The van der Waals surface area contributed by atoms with Crippen molar-refractivity contribution in [3.05, 3.63) is 10.4 Å². The second-order valence-corrected chi connectivity index (χ2v) is 5.71. The van der Waals surface area contributed by atoms with Gasteiger partial charge >= 0.3 is 12.0 Å². The number of ketones is 1. The lowest BCUT2D eigenvalue weighted by atomic mass is 9.80. The Hall–Kier alpha value is -1.93. The summed E-state index contributed by atoms with van der Waals surface area (Å²) in [6, 6.07) is -4.49. The average molecular weight is 385 g/mol. The highest BCUT2D eigenvalue weighted by Gasteiger charge is 2.55. The van der Waals surface area contributed by atoms with Crippen molar-refractivity contribution in [3.63, 3.8) is 0 Å². The van der Waals surface area contributed by atoms with Crippen LogP contribution in [-0.4, -0.2) is 85.2 Å². The molecule has 1 saturated heterocycles. The van der Waals surface area contributed by atoms with Gasteiger partial charge in [-0.1, -0.05) is 0 Å². The Morgan fingerprint density at radius 2 is 2.00 bits per heavy atom. The van der Waals surface area contributed by atoms with Crippen LogP contribution >= 0.6 is 0 Å². The van der Waals surface area contributed by atoms with E-state index in [-0.39, 0.29) is 0 Å². The van der Waals surface area contributed by atoms with Crippen molar-refractivity contribution in [2.24, 2.45) is 11.0 Å². The maximum Gasteiger partial charge on any atom is 0.382 e. The molecule has 12 nitrogen and oxygen atoms in total. The van der Waals surface area contributed by atoms with E-state index in [4.69, 9.17) is 20.5 Å². The number of aliphatic hydroxyl groups excluding tert-OH is 4. The van der Waals surface area contributed by atoms with Crippen molar-refractivity contribution in [1.82, 2.24) is 0 Å². The van der Waals surface area contributed by atoms with Crippen molar-refractivity contribution in [2.45, 2.75) is 49.1 Å². The first-order valence-electron chi connectivity index (χ1n) is 7.15. The fraction of sp³-hybridized carbons (Fsp3) is 0.833. The number of carboxylic acid groups (broad SMARTS) is 1. The van der Waals surface area contributed by atoms with Crippen LogP contribution in [0.15, 0.2) is 5.11 Å². The van der Waals surface area contributed by atoms with Gasteiger partial charge in [0.2, 0.25) is 5.78 Å². The molecule has 6 N–H and O–H groups in total. The summed E-state index contributed by atoms with van der Waals surface area (Å²) in [6.07, 6.45) is -10.3. The summed E-state index contributed by atoms with van der Waals surface area (Å²) in [5.41, 5.74) is 8.04. The van der Waals surface area contributed by atoms with Crippen LogP contribution in [0.2, 0.25) is 0 Å². The maximum atomic E-state index is 13.3. The van der Waals surface area contributed by atoms with Gasteiger partial charge in [0.25, 0.3) is 5.79 Å². The molecule has 1 unspecified atom stereocenters. The molecule has 1 aliphatic rings. The molecule has 26 heavy (non-hydrogen) atoms. The summed E-state index contributed by atoms with van der Waals surface area (Å²) < 4.78 is 31.4. The molecule has 1 heterocycles. The molecule has 6 atom stereocenters. The first kappa shape index (κ1) is 22.1. The molecule has 148 valence electrons. The first-order valence-corrected chi connectivity index (χ1v) is 7.15. The summed E-state index contributed by atoms with van der Waals surface area (Å²) in [6.45, 7) is -1.06. The zero-order valence-corrected chi connectivity index (χ0v) is 13.0. The van der Waals surface area contributed by atoms with E-state index in [2.05, 4.69) is 0 Å². The minimum Gasteiger partial charge on any atom is -0.477 e. The number of azide groups is 1. The summed E-state index contributed by atoms with van der Waals surface area (Å²) in [5, 5.41) is 59.1. The van der Waals surface area contributed by atoms with Crippen LogP contribution in [0.1, 0.15) is 12.8 Å². The van der Waals surface area contributed by atoms with Gasteiger partial charge in [-0.05, 0) is 10.6 Å². The Morgan fingerprint density at radius 3 is 2.46 bits per heavy atom. The number of carbonyl (C=O) groups is 2. The van der Waals surface area contributed by atoms with Gasteiger partial charge in [0.05, 0.1) is 18.8 Å². The largest absolute Gasteiger partial charge is 0.477 e. The molecule has 0 aromatic rings. The lowest BCUT2D eigenvalue weighted by molar-refractivity contribution is -0.304.